The largest absolute Gasteiger partial charge is 0.508 e. The highest BCUT2D eigenvalue weighted by molar-refractivity contribution is 6.39. The molecule has 4 aromatic carbocycles. The number of aromatic amines is 1. The van der Waals surface area contributed by atoms with Crippen LogP contribution >= 0.6 is 0 Å². The number of aliphatic hydroxyl groups is 4. The lowest BCUT2D eigenvalue weighted by molar-refractivity contribution is -0.249. The van der Waals surface area contributed by atoms with Crippen LogP contribution in [0.4, 0.5) is 0 Å². The number of hydrogen-bond acceptors (Lipinski definition) is 11. The summed E-state index contributed by atoms with van der Waals surface area (Å²) in [7, 11) is 0. The second kappa shape index (κ2) is 10.4. The molecule has 1 saturated heterocycles. The maximum absolute atomic E-state index is 14.3. The molecule has 6 aromatic rings. The van der Waals surface area contributed by atoms with Gasteiger partial charge in [0.25, 0.3) is 11.8 Å². The number of benzene rings is 4. The van der Waals surface area contributed by atoms with Crippen molar-refractivity contribution in [2.24, 2.45) is 0 Å². The fraction of sp³-hybridized carbons (Fsp3) is 0.212. The Labute approximate surface area is 263 Å². The van der Waals surface area contributed by atoms with Gasteiger partial charge in [-0.3, -0.25) is 9.59 Å². The number of hydrogen-bond donors (Lipinski definition) is 9. The highest BCUT2D eigenvalue weighted by atomic mass is 16.6. The maximum Gasteiger partial charge on any atom is 0.276 e. The molecule has 14 heteroatoms. The minimum absolute atomic E-state index is 0.0152. The summed E-state index contributed by atoms with van der Waals surface area (Å²) in [6.07, 6.45) is -7.82. The van der Waals surface area contributed by atoms with Crippen molar-refractivity contribution >= 4 is 55.4 Å². The normalized spacial score (nSPS) is 23.1. The highest BCUT2D eigenvalue weighted by Gasteiger charge is 2.47. The molecule has 0 unspecified atom stereocenters. The molecule has 9 N–H and O–H groups in total. The molecule has 2 aromatic heterocycles. The Morgan fingerprint density at radius 1 is 0.787 bits per heavy atom. The Morgan fingerprint density at radius 2 is 1.47 bits per heavy atom. The van der Waals surface area contributed by atoms with Crippen LogP contribution < -0.4 is 5.43 Å². The van der Waals surface area contributed by atoms with Gasteiger partial charge in [0.15, 0.2) is 6.23 Å². The number of aromatic nitrogens is 2. The average molecular weight is 641 g/mol. The lowest BCUT2D eigenvalue weighted by Gasteiger charge is -2.41. The zero-order chi connectivity index (χ0) is 32.9. The molecule has 2 amide bonds. The van der Waals surface area contributed by atoms with E-state index in [1.54, 1.807) is 24.3 Å². The quantitative estimate of drug-likeness (QED) is 0.124. The van der Waals surface area contributed by atoms with E-state index in [0.29, 0.717) is 32.8 Å². The van der Waals surface area contributed by atoms with Crippen LogP contribution in [0.25, 0.3) is 43.6 Å². The van der Waals surface area contributed by atoms with Crippen LogP contribution in [0, 0.1) is 0 Å². The molecule has 0 bridgehead atoms. The Bertz CT molecular complexity index is 2290. The van der Waals surface area contributed by atoms with E-state index in [-0.39, 0.29) is 51.3 Å². The molecular formula is C33H28N4O10. The summed E-state index contributed by atoms with van der Waals surface area (Å²) >= 11 is 0. The number of aliphatic hydroxyl groups excluding tert-OH is 4. The van der Waals surface area contributed by atoms with Crippen molar-refractivity contribution in [3.8, 4) is 17.2 Å². The number of phenolic OH excluding ortho intramolecular Hbond substituents is 3. The fourth-order valence-corrected chi connectivity index (χ4v) is 6.95. The van der Waals surface area contributed by atoms with E-state index in [1.807, 2.05) is 0 Å². The van der Waals surface area contributed by atoms with Gasteiger partial charge in [-0.15, -0.1) is 0 Å². The Hall–Kier alpha value is -5.22. The van der Waals surface area contributed by atoms with Gasteiger partial charge in [-0.1, -0.05) is 12.1 Å². The van der Waals surface area contributed by atoms with Crippen LogP contribution in [0.3, 0.4) is 0 Å². The van der Waals surface area contributed by atoms with E-state index in [9.17, 15) is 45.3 Å². The topological polar surface area (TPSA) is 221 Å². The van der Waals surface area contributed by atoms with Crippen molar-refractivity contribution in [2.45, 2.75) is 37.2 Å². The highest BCUT2D eigenvalue weighted by Crippen LogP contribution is 2.47. The number of nitrogens with one attached hydrogen (secondary N) is 2. The van der Waals surface area contributed by atoms with Crippen molar-refractivity contribution in [3.63, 3.8) is 0 Å². The standard InChI is InChI=1S/C33H28N4O10/c38-12-21-28(42)29(43)30(44)33(47-21)36-20-10-16(41)5-7-18(20)23-25-24(22-17-6-4-15(40)9-19(17)35-26(22)27(23)36)31(45)37(32(25)46)34-11-13-2-1-3-14(39)8-13/h1-10,21,28-30,33-35,38-44H,11-12H2/t21-,28-,29+,30-,33-/m1/s1. The van der Waals surface area contributed by atoms with E-state index in [2.05, 4.69) is 10.4 Å². The van der Waals surface area contributed by atoms with Crippen molar-refractivity contribution in [3.05, 3.63) is 77.4 Å². The monoisotopic (exact) mass is 640 g/mol. The SMILES string of the molecule is O=C1c2c(c3c4ccc(O)cc4n([C@@H]4O[C@H](CO)[C@@H](O)[C@H](O)[C@H]4O)c3c3[nH]c4cc(O)ccc4c23)C(=O)N1NCc1cccc(O)c1. The number of aromatic hydroxyl groups is 3. The molecule has 0 spiro atoms. The number of fused-ring (bicyclic) bond motifs is 10. The number of carbonyl (C=O) groups is 2. The fourth-order valence-electron chi connectivity index (χ4n) is 6.95. The molecule has 240 valence electrons. The summed E-state index contributed by atoms with van der Waals surface area (Å²) in [5.74, 6) is -1.56. The molecule has 1 fully saturated rings. The summed E-state index contributed by atoms with van der Waals surface area (Å²) in [4.78, 5) is 31.8. The lowest BCUT2D eigenvalue weighted by Crippen LogP contribution is -2.56. The Balaban J connectivity index is 1.45. The van der Waals surface area contributed by atoms with Gasteiger partial charge in [-0.2, -0.15) is 0 Å². The molecule has 8 rings (SSSR count). The molecule has 0 radical (unpaired) electrons. The number of imide groups is 1. The third kappa shape index (κ3) is 4.14. The van der Waals surface area contributed by atoms with Crippen LogP contribution in [0.15, 0.2) is 60.7 Å². The smallest absolute Gasteiger partial charge is 0.276 e. The third-order valence-corrected chi connectivity index (χ3v) is 9.06. The summed E-state index contributed by atoms with van der Waals surface area (Å²) in [5, 5.41) is 75.7. The van der Waals surface area contributed by atoms with Crippen LogP contribution in [-0.2, 0) is 11.3 Å². The predicted molar refractivity (Wildman–Crippen MR) is 167 cm³/mol. The first-order valence-corrected chi connectivity index (χ1v) is 14.8. The Kier molecular flexibility index (Phi) is 6.46. The minimum Gasteiger partial charge on any atom is -0.508 e. The van der Waals surface area contributed by atoms with E-state index in [4.69, 9.17) is 4.74 Å². The van der Waals surface area contributed by atoms with Crippen LogP contribution in [0.5, 0.6) is 17.2 Å². The average Bonchev–Trinajstić information content (AvgIpc) is 3.66. The third-order valence-electron chi connectivity index (χ3n) is 9.06. The van der Waals surface area contributed by atoms with Crippen LogP contribution in [-0.4, -0.2) is 93.1 Å². The van der Waals surface area contributed by atoms with Crippen molar-refractivity contribution < 1.29 is 50.1 Å². The predicted octanol–water partition coefficient (Wildman–Crippen LogP) is 1.82. The minimum atomic E-state index is -1.74. The molecule has 0 aliphatic carbocycles. The number of H-pyrrole nitrogens is 1. The van der Waals surface area contributed by atoms with E-state index < -0.39 is 49.1 Å². The first-order valence-electron chi connectivity index (χ1n) is 14.8. The zero-order valence-corrected chi connectivity index (χ0v) is 24.3. The second-order valence-electron chi connectivity index (χ2n) is 11.8. The number of carbonyl (C=O) groups excluding carboxylic acids is 2. The molecular weight excluding hydrogens is 612 g/mol. The number of rotatable bonds is 5. The van der Waals surface area contributed by atoms with Gasteiger partial charge in [0, 0.05) is 40.2 Å². The molecule has 0 saturated carbocycles. The van der Waals surface area contributed by atoms with Crippen molar-refractivity contribution in [1.82, 2.24) is 20.0 Å². The number of nitrogens with zero attached hydrogens (tertiary/aromatic N) is 2. The van der Waals surface area contributed by atoms with Gasteiger partial charge in [0.1, 0.15) is 41.7 Å². The molecule has 47 heavy (non-hydrogen) atoms. The Morgan fingerprint density at radius 3 is 2.19 bits per heavy atom. The van der Waals surface area contributed by atoms with Gasteiger partial charge < -0.3 is 50.0 Å². The lowest BCUT2D eigenvalue weighted by atomic mass is 9.96. The zero-order valence-electron chi connectivity index (χ0n) is 24.3. The second-order valence-corrected chi connectivity index (χ2v) is 11.8. The van der Waals surface area contributed by atoms with Crippen LogP contribution in [0.1, 0.15) is 32.5 Å². The number of ether oxygens (including phenoxy) is 1. The van der Waals surface area contributed by atoms with Gasteiger partial charge in [-0.25, -0.2) is 10.4 Å². The van der Waals surface area contributed by atoms with Crippen molar-refractivity contribution in [2.75, 3.05) is 6.61 Å². The van der Waals surface area contributed by atoms with E-state index >= 15 is 0 Å². The number of amides is 2. The number of hydrazine groups is 1. The summed E-state index contributed by atoms with van der Waals surface area (Å²) < 4.78 is 7.44. The molecule has 2 aliphatic rings. The molecule has 2 aliphatic heterocycles. The summed E-state index contributed by atoms with van der Waals surface area (Å²) in [6, 6.07) is 15.2. The van der Waals surface area contributed by atoms with Gasteiger partial charge in [-0.05, 0) is 42.0 Å². The summed E-state index contributed by atoms with van der Waals surface area (Å²) in [5.41, 5.74) is 4.84. The van der Waals surface area contributed by atoms with Crippen molar-refractivity contribution in [1.29, 1.82) is 0 Å². The maximum atomic E-state index is 14.3. The molecule has 4 heterocycles. The van der Waals surface area contributed by atoms with Gasteiger partial charge in [0.2, 0.25) is 0 Å². The first kappa shape index (κ1) is 29.2. The van der Waals surface area contributed by atoms with E-state index in [0.717, 1.165) is 5.01 Å². The summed E-state index contributed by atoms with van der Waals surface area (Å²) in [6.45, 7) is -0.665. The van der Waals surface area contributed by atoms with E-state index in [1.165, 1.54) is 41.0 Å². The van der Waals surface area contributed by atoms with Crippen LogP contribution in [0.2, 0.25) is 0 Å². The molecule has 14 nitrogen and oxygen atoms in total. The number of phenols is 3. The first-order chi connectivity index (χ1) is 22.6. The van der Waals surface area contributed by atoms with Gasteiger partial charge in [0.05, 0.1) is 39.8 Å². The van der Waals surface area contributed by atoms with Gasteiger partial charge >= 0.3 is 0 Å². The molecule has 5 atom stereocenters.